The summed E-state index contributed by atoms with van der Waals surface area (Å²) in [4.78, 5) is 66.5. The lowest BCUT2D eigenvalue weighted by Crippen LogP contribution is -2.52. The van der Waals surface area contributed by atoms with Crippen LogP contribution in [0.3, 0.4) is 0 Å². The summed E-state index contributed by atoms with van der Waals surface area (Å²) in [6, 6.07) is 15.5. The molecule has 3 atom stereocenters. The Kier molecular flexibility index (Phi) is 7.45. The minimum Gasteiger partial charge on any atom is -0.422 e. The molecule has 1 aliphatic carbocycles. The van der Waals surface area contributed by atoms with E-state index in [-0.39, 0.29) is 27.8 Å². The van der Waals surface area contributed by atoms with Crippen molar-refractivity contribution in [3.05, 3.63) is 99.2 Å². The number of hydrazine groups is 1. The van der Waals surface area contributed by atoms with E-state index in [0.29, 0.717) is 11.3 Å². The number of amides is 3. The molecule has 39 heavy (non-hydrogen) atoms. The van der Waals surface area contributed by atoms with Gasteiger partial charge in [0.15, 0.2) is 5.78 Å². The molecule has 1 fully saturated rings. The minimum atomic E-state index is -0.739. The number of carbonyl (C=O) groups is 5. The standard InChI is InChI=1S/C29H23ClN2O6S/c1-17-6-4-8-21-25(17)28(36)32(27(21)35)31(26(34)20-7-2-3-9-22(20)30)16-23(33)18-11-13-19(14-12-18)38-29(37)24-10-5-15-39-24/h2-7,9-15,17,21,25H,8,16H2,1H3/t17-,21-,25-/m1/s1. The van der Waals surface area contributed by atoms with Gasteiger partial charge in [-0.2, -0.15) is 5.01 Å². The van der Waals surface area contributed by atoms with Gasteiger partial charge in [0, 0.05) is 5.56 Å². The highest BCUT2D eigenvalue weighted by atomic mass is 35.5. The van der Waals surface area contributed by atoms with E-state index < -0.39 is 47.9 Å². The van der Waals surface area contributed by atoms with Gasteiger partial charge < -0.3 is 4.74 Å². The Morgan fingerprint density at radius 3 is 2.44 bits per heavy atom. The second-order valence-electron chi connectivity index (χ2n) is 9.30. The van der Waals surface area contributed by atoms with Crippen LogP contribution in [0.1, 0.15) is 43.7 Å². The Morgan fingerprint density at radius 1 is 1.03 bits per heavy atom. The number of Topliss-reactive ketones (excluding diaryl/α,β-unsaturated/α-hetero) is 1. The average Bonchev–Trinajstić information content (AvgIpc) is 3.56. The Balaban J connectivity index is 1.41. The van der Waals surface area contributed by atoms with Gasteiger partial charge in [-0.1, -0.05) is 48.9 Å². The van der Waals surface area contributed by atoms with Crippen molar-refractivity contribution in [3.8, 4) is 5.75 Å². The van der Waals surface area contributed by atoms with Crippen LogP contribution < -0.4 is 4.74 Å². The molecule has 10 heteroatoms. The molecular formula is C29H23ClN2O6S. The largest absolute Gasteiger partial charge is 0.422 e. The third-order valence-corrected chi connectivity index (χ3v) is 8.01. The smallest absolute Gasteiger partial charge is 0.353 e. The Morgan fingerprint density at radius 2 is 1.77 bits per heavy atom. The molecule has 3 aromatic rings. The number of benzene rings is 2. The SMILES string of the molecule is C[C@@H]1C=CC[C@H]2C(=O)N(N(CC(=O)c3ccc(OC(=O)c4cccs4)cc3)C(=O)c3ccccc3Cl)C(=O)[C@H]12. The third kappa shape index (κ3) is 5.15. The first-order valence-electron chi connectivity index (χ1n) is 12.3. The monoisotopic (exact) mass is 562 g/mol. The summed E-state index contributed by atoms with van der Waals surface area (Å²) in [5.41, 5.74) is 0.263. The van der Waals surface area contributed by atoms with Gasteiger partial charge in [-0.05, 0) is 60.2 Å². The van der Waals surface area contributed by atoms with Crippen molar-refractivity contribution in [3.63, 3.8) is 0 Å². The highest BCUT2D eigenvalue weighted by Crippen LogP contribution is 2.39. The quantitative estimate of drug-likeness (QED) is 0.131. The number of ketones is 1. The molecule has 0 N–H and O–H groups in total. The first-order chi connectivity index (χ1) is 18.8. The number of nitrogens with zero attached hydrogens (tertiary/aromatic N) is 2. The highest BCUT2D eigenvalue weighted by Gasteiger charge is 2.53. The fourth-order valence-corrected chi connectivity index (χ4v) is 5.68. The number of allylic oxidation sites excluding steroid dienone is 2. The average molecular weight is 563 g/mol. The van der Waals surface area contributed by atoms with Crippen LogP contribution in [0.25, 0.3) is 0 Å². The molecule has 2 aliphatic rings. The molecule has 8 nitrogen and oxygen atoms in total. The fourth-order valence-electron chi connectivity index (χ4n) is 4.86. The zero-order valence-corrected chi connectivity index (χ0v) is 22.4. The molecular weight excluding hydrogens is 540 g/mol. The third-order valence-electron chi connectivity index (χ3n) is 6.83. The highest BCUT2D eigenvalue weighted by molar-refractivity contribution is 7.12. The van der Waals surface area contributed by atoms with E-state index >= 15 is 0 Å². The van der Waals surface area contributed by atoms with Gasteiger partial charge in [-0.25, -0.2) is 9.80 Å². The Labute approximate surface area is 233 Å². The molecule has 1 aromatic heterocycles. The Bertz CT molecular complexity index is 1480. The first-order valence-corrected chi connectivity index (χ1v) is 13.5. The number of thiophene rings is 1. The second kappa shape index (κ2) is 11.0. The van der Waals surface area contributed by atoms with Gasteiger partial charge in [0.1, 0.15) is 17.2 Å². The van der Waals surface area contributed by atoms with Crippen molar-refractivity contribution in [2.75, 3.05) is 6.54 Å². The van der Waals surface area contributed by atoms with Gasteiger partial charge in [0.05, 0.1) is 22.4 Å². The number of rotatable bonds is 7. The molecule has 1 saturated heterocycles. The predicted octanol–water partition coefficient (Wildman–Crippen LogP) is 5.06. The number of carbonyl (C=O) groups excluding carboxylic acids is 5. The molecule has 5 rings (SSSR count). The molecule has 2 aromatic carbocycles. The summed E-state index contributed by atoms with van der Waals surface area (Å²) in [5.74, 6) is -3.99. The molecule has 0 unspecified atom stereocenters. The van der Waals surface area contributed by atoms with Crippen LogP contribution in [0.5, 0.6) is 5.75 Å². The maximum atomic E-state index is 13.7. The van der Waals surface area contributed by atoms with E-state index in [1.165, 1.54) is 47.7 Å². The van der Waals surface area contributed by atoms with Crippen LogP contribution >= 0.6 is 22.9 Å². The van der Waals surface area contributed by atoms with E-state index in [0.717, 1.165) is 10.0 Å². The van der Waals surface area contributed by atoms with Crippen LogP contribution in [0.15, 0.2) is 78.2 Å². The van der Waals surface area contributed by atoms with Crippen LogP contribution in [-0.4, -0.2) is 46.0 Å². The van der Waals surface area contributed by atoms with Crippen molar-refractivity contribution in [2.45, 2.75) is 13.3 Å². The van der Waals surface area contributed by atoms with Gasteiger partial charge >= 0.3 is 5.97 Å². The van der Waals surface area contributed by atoms with Crippen LogP contribution in [-0.2, 0) is 9.59 Å². The molecule has 1 aliphatic heterocycles. The van der Waals surface area contributed by atoms with Crippen LogP contribution in [0, 0.1) is 17.8 Å². The maximum absolute atomic E-state index is 13.7. The lowest BCUT2D eigenvalue weighted by atomic mass is 9.78. The second-order valence-corrected chi connectivity index (χ2v) is 10.7. The van der Waals surface area contributed by atoms with Crippen LogP contribution in [0.2, 0.25) is 5.02 Å². The number of ether oxygens (including phenoxy) is 1. The van der Waals surface area contributed by atoms with E-state index in [2.05, 4.69) is 0 Å². The van der Waals surface area contributed by atoms with Gasteiger partial charge in [-0.15, -0.1) is 11.3 Å². The van der Waals surface area contributed by atoms with Crippen molar-refractivity contribution >= 4 is 52.4 Å². The number of hydrogen-bond donors (Lipinski definition) is 0. The summed E-state index contributed by atoms with van der Waals surface area (Å²) >= 11 is 7.51. The zero-order valence-electron chi connectivity index (χ0n) is 20.8. The maximum Gasteiger partial charge on any atom is 0.353 e. The molecule has 3 amide bonds. The summed E-state index contributed by atoms with van der Waals surface area (Å²) in [6.07, 6.45) is 4.12. The van der Waals surface area contributed by atoms with Gasteiger partial charge in [0.25, 0.3) is 17.7 Å². The topological polar surface area (TPSA) is 101 Å². The van der Waals surface area contributed by atoms with Gasteiger partial charge in [-0.3, -0.25) is 19.2 Å². The van der Waals surface area contributed by atoms with Crippen molar-refractivity contribution < 1.29 is 28.7 Å². The summed E-state index contributed by atoms with van der Waals surface area (Å²) in [7, 11) is 0. The number of halogens is 1. The predicted molar refractivity (Wildman–Crippen MR) is 144 cm³/mol. The Hall–Kier alpha value is -4.08. The summed E-state index contributed by atoms with van der Waals surface area (Å²) in [5, 5.41) is 3.60. The van der Waals surface area contributed by atoms with Crippen LogP contribution in [0.4, 0.5) is 0 Å². The summed E-state index contributed by atoms with van der Waals surface area (Å²) in [6.45, 7) is 1.28. The van der Waals surface area contributed by atoms with Crippen molar-refractivity contribution in [1.82, 2.24) is 10.0 Å². The molecule has 2 heterocycles. The van der Waals surface area contributed by atoms with E-state index in [9.17, 15) is 24.0 Å². The lowest BCUT2D eigenvalue weighted by molar-refractivity contribution is -0.154. The number of esters is 1. The summed E-state index contributed by atoms with van der Waals surface area (Å²) < 4.78 is 5.34. The van der Waals surface area contributed by atoms with E-state index in [1.54, 1.807) is 29.6 Å². The molecule has 0 spiro atoms. The number of imide groups is 1. The molecule has 198 valence electrons. The van der Waals surface area contributed by atoms with E-state index in [4.69, 9.17) is 16.3 Å². The van der Waals surface area contributed by atoms with Crippen molar-refractivity contribution in [2.24, 2.45) is 17.8 Å². The molecule has 0 saturated carbocycles. The van der Waals surface area contributed by atoms with E-state index in [1.807, 2.05) is 19.1 Å². The number of hydrogen-bond acceptors (Lipinski definition) is 7. The first kappa shape index (κ1) is 26.5. The number of fused-ring (bicyclic) bond motifs is 1. The zero-order chi connectivity index (χ0) is 27.7. The molecule has 0 radical (unpaired) electrons. The lowest BCUT2D eigenvalue weighted by Gasteiger charge is -2.30. The normalized spacial score (nSPS) is 20.1. The van der Waals surface area contributed by atoms with Crippen molar-refractivity contribution in [1.29, 1.82) is 0 Å². The van der Waals surface area contributed by atoms with Gasteiger partial charge in [0.2, 0.25) is 0 Å². The molecule has 0 bridgehead atoms. The minimum absolute atomic E-state index is 0.0597. The fraction of sp³-hybridized carbons (Fsp3) is 0.207.